The molecule has 8 heteroatoms. The highest BCUT2D eigenvalue weighted by molar-refractivity contribution is 5.96. The number of rotatable bonds is 3. The predicted octanol–water partition coefficient (Wildman–Crippen LogP) is 1.00. The van der Waals surface area contributed by atoms with Gasteiger partial charge in [0.1, 0.15) is 5.69 Å². The van der Waals surface area contributed by atoms with E-state index in [1.54, 1.807) is 7.05 Å². The summed E-state index contributed by atoms with van der Waals surface area (Å²) in [4.78, 5) is 24.2. The van der Waals surface area contributed by atoms with E-state index < -0.39 is 11.0 Å². The Hall–Kier alpha value is -2.66. The lowest BCUT2D eigenvalue weighted by Crippen LogP contribution is -2.45. The van der Waals surface area contributed by atoms with Gasteiger partial charge in [-0.3, -0.25) is 14.9 Å². The number of morpholine rings is 1. The van der Waals surface area contributed by atoms with Crippen molar-refractivity contribution in [2.75, 3.05) is 32.1 Å². The SMILES string of the molecule is CNc1cc(C(=O)N2CCOC(C#N)C2)ccc1[N+](=O)[O-]. The van der Waals surface area contributed by atoms with Crippen molar-refractivity contribution < 1.29 is 14.5 Å². The molecule has 1 amide bonds. The van der Waals surface area contributed by atoms with Crippen LogP contribution in [0.25, 0.3) is 0 Å². The fraction of sp³-hybridized carbons (Fsp3) is 0.385. The zero-order chi connectivity index (χ0) is 15.4. The Morgan fingerprint density at radius 2 is 2.38 bits per heavy atom. The van der Waals surface area contributed by atoms with E-state index in [0.29, 0.717) is 18.7 Å². The first kappa shape index (κ1) is 14.7. The van der Waals surface area contributed by atoms with Crippen LogP contribution in [0, 0.1) is 21.4 Å². The number of nitriles is 1. The molecule has 21 heavy (non-hydrogen) atoms. The van der Waals surface area contributed by atoms with Crippen LogP contribution in [-0.2, 0) is 4.74 Å². The monoisotopic (exact) mass is 290 g/mol. The highest BCUT2D eigenvalue weighted by Gasteiger charge is 2.26. The Kier molecular flexibility index (Phi) is 4.35. The number of hydrogen-bond acceptors (Lipinski definition) is 6. The standard InChI is InChI=1S/C13H14N4O4/c1-15-11-6-9(2-3-12(11)17(19)20)13(18)16-4-5-21-10(7-14)8-16/h2-3,6,10,15H,4-5,8H2,1H3. The van der Waals surface area contributed by atoms with Crippen LogP contribution in [0.1, 0.15) is 10.4 Å². The van der Waals surface area contributed by atoms with Crippen LogP contribution in [0.5, 0.6) is 0 Å². The average molecular weight is 290 g/mol. The molecule has 110 valence electrons. The van der Waals surface area contributed by atoms with E-state index in [0.717, 1.165) is 0 Å². The molecule has 0 spiro atoms. The molecule has 1 N–H and O–H groups in total. The first-order valence-electron chi connectivity index (χ1n) is 6.33. The van der Waals surface area contributed by atoms with Crippen LogP contribution in [0.4, 0.5) is 11.4 Å². The lowest BCUT2D eigenvalue weighted by atomic mass is 10.1. The molecular formula is C13H14N4O4. The molecule has 2 rings (SSSR count). The van der Waals surface area contributed by atoms with Gasteiger partial charge in [-0.2, -0.15) is 5.26 Å². The molecule has 1 fully saturated rings. The first-order valence-corrected chi connectivity index (χ1v) is 6.33. The second-order valence-corrected chi connectivity index (χ2v) is 4.48. The average Bonchev–Trinajstić information content (AvgIpc) is 2.53. The molecule has 0 aliphatic carbocycles. The molecular weight excluding hydrogens is 276 g/mol. The number of nitro groups is 1. The molecule has 1 unspecified atom stereocenters. The molecule has 1 aliphatic heterocycles. The van der Waals surface area contributed by atoms with Crippen molar-refractivity contribution in [2.24, 2.45) is 0 Å². The zero-order valence-electron chi connectivity index (χ0n) is 11.4. The number of anilines is 1. The Balaban J connectivity index is 2.23. The number of nitrogens with zero attached hydrogens (tertiary/aromatic N) is 3. The summed E-state index contributed by atoms with van der Waals surface area (Å²) in [5.41, 5.74) is 0.519. The number of carbonyl (C=O) groups excluding carboxylic acids is 1. The number of nitro benzene ring substituents is 1. The van der Waals surface area contributed by atoms with Gasteiger partial charge in [-0.15, -0.1) is 0 Å². The fourth-order valence-corrected chi connectivity index (χ4v) is 2.12. The van der Waals surface area contributed by atoms with Crippen molar-refractivity contribution in [3.05, 3.63) is 33.9 Å². The molecule has 0 bridgehead atoms. The van der Waals surface area contributed by atoms with E-state index in [4.69, 9.17) is 10.00 Å². The van der Waals surface area contributed by atoms with E-state index >= 15 is 0 Å². The molecule has 1 aliphatic rings. The molecule has 0 aromatic heterocycles. The highest BCUT2D eigenvalue weighted by Crippen LogP contribution is 2.25. The molecule has 8 nitrogen and oxygen atoms in total. The summed E-state index contributed by atoms with van der Waals surface area (Å²) in [5.74, 6) is -0.273. The molecule has 1 atom stereocenters. The van der Waals surface area contributed by atoms with Gasteiger partial charge in [0.2, 0.25) is 0 Å². The first-order chi connectivity index (χ1) is 10.1. The number of benzene rings is 1. The Morgan fingerprint density at radius 3 is 3.00 bits per heavy atom. The maximum atomic E-state index is 12.4. The molecule has 1 saturated heterocycles. The van der Waals surface area contributed by atoms with Gasteiger partial charge in [-0.1, -0.05) is 0 Å². The quantitative estimate of drug-likeness (QED) is 0.657. The van der Waals surface area contributed by atoms with Crippen molar-refractivity contribution in [1.82, 2.24) is 4.90 Å². The summed E-state index contributed by atoms with van der Waals surface area (Å²) in [6.45, 7) is 0.889. The second kappa shape index (κ2) is 6.19. The maximum absolute atomic E-state index is 12.4. The largest absolute Gasteiger partial charge is 0.383 e. The summed E-state index contributed by atoms with van der Waals surface area (Å²) in [5, 5.41) is 22.4. The van der Waals surface area contributed by atoms with Gasteiger partial charge in [-0.25, -0.2) is 0 Å². The molecule has 0 radical (unpaired) electrons. The van der Waals surface area contributed by atoms with E-state index in [1.807, 2.05) is 6.07 Å². The third-order valence-corrected chi connectivity index (χ3v) is 3.21. The fourth-order valence-electron chi connectivity index (χ4n) is 2.12. The van der Waals surface area contributed by atoms with Gasteiger partial charge in [0.25, 0.3) is 11.6 Å². The van der Waals surface area contributed by atoms with Crippen LogP contribution in [0.2, 0.25) is 0 Å². The number of carbonyl (C=O) groups is 1. The minimum atomic E-state index is -0.635. The van der Waals surface area contributed by atoms with Gasteiger partial charge in [0.15, 0.2) is 6.10 Å². The summed E-state index contributed by atoms with van der Waals surface area (Å²) < 4.78 is 5.18. The number of amides is 1. The topological polar surface area (TPSA) is 109 Å². The highest BCUT2D eigenvalue weighted by atomic mass is 16.6. The normalized spacial score (nSPS) is 17.9. The van der Waals surface area contributed by atoms with Gasteiger partial charge < -0.3 is 15.0 Å². The number of hydrogen-bond donors (Lipinski definition) is 1. The Labute approximate surface area is 121 Å². The van der Waals surface area contributed by atoms with Crippen LogP contribution < -0.4 is 5.32 Å². The minimum absolute atomic E-state index is 0.0917. The zero-order valence-corrected chi connectivity index (χ0v) is 11.4. The predicted molar refractivity (Wildman–Crippen MR) is 73.9 cm³/mol. The van der Waals surface area contributed by atoms with E-state index in [9.17, 15) is 14.9 Å². The summed E-state index contributed by atoms with van der Waals surface area (Å²) in [7, 11) is 1.55. The van der Waals surface area contributed by atoms with E-state index in [-0.39, 0.29) is 23.8 Å². The third kappa shape index (κ3) is 3.09. The van der Waals surface area contributed by atoms with Crippen molar-refractivity contribution in [3.63, 3.8) is 0 Å². The molecule has 1 heterocycles. The van der Waals surface area contributed by atoms with Crippen LogP contribution >= 0.6 is 0 Å². The van der Waals surface area contributed by atoms with Gasteiger partial charge in [-0.05, 0) is 12.1 Å². The van der Waals surface area contributed by atoms with Crippen molar-refractivity contribution in [2.45, 2.75) is 6.10 Å². The van der Waals surface area contributed by atoms with Crippen molar-refractivity contribution in [3.8, 4) is 6.07 Å². The molecule has 1 aromatic rings. The van der Waals surface area contributed by atoms with E-state index in [1.165, 1.54) is 23.1 Å². The number of nitrogens with one attached hydrogen (secondary N) is 1. The lowest BCUT2D eigenvalue weighted by Gasteiger charge is -2.29. The minimum Gasteiger partial charge on any atom is -0.383 e. The van der Waals surface area contributed by atoms with Crippen LogP contribution in [0.3, 0.4) is 0 Å². The van der Waals surface area contributed by atoms with Crippen LogP contribution in [-0.4, -0.2) is 48.6 Å². The smallest absolute Gasteiger partial charge is 0.292 e. The van der Waals surface area contributed by atoms with E-state index in [2.05, 4.69) is 5.32 Å². The second-order valence-electron chi connectivity index (χ2n) is 4.48. The van der Waals surface area contributed by atoms with Crippen LogP contribution in [0.15, 0.2) is 18.2 Å². The van der Waals surface area contributed by atoms with Gasteiger partial charge in [0.05, 0.1) is 24.1 Å². The van der Waals surface area contributed by atoms with Gasteiger partial charge in [0, 0.05) is 25.2 Å². The van der Waals surface area contributed by atoms with Crippen molar-refractivity contribution in [1.29, 1.82) is 5.26 Å². The number of ether oxygens (including phenoxy) is 1. The van der Waals surface area contributed by atoms with Gasteiger partial charge >= 0.3 is 0 Å². The summed E-state index contributed by atoms with van der Waals surface area (Å²) >= 11 is 0. The third-order valence-electron chi connectivity index (χ3n) is 3.21. The lowest BCUT2D eigenvalue weighted by molar-refractivity contribution is -0.383. The molecule has 1 aromatic carbocycles. The summed E-state index contributed by atoms with van der Waals surface area (Å²) in [6, 6.07) is 6.12. The molecule has 0 saturated carbocycles. The Bertz CT molecular complexity index is 611. The van der Waals surface area contributed by atoms with Crippen molar-refractivity contribution >= 4 is 17.3 Å². The summed E-state index contributed by atoms with van der Waals surface area (Å²) in [6.07, 6.45) is -0.635. The maximum Gasteiger partial charge on any atom is 0.292 e. The Morgan fingerprint density at radius 1 is 1.62 bits per heavy atom.